The van der Waals surface area contributed by atoms with Crippen LogP contribution in [0.4, 0.5) is 5.69 Å². The number of ether oxygens (including phenoxy) is 2. The smallest absolute Gasteiger partial charge is 0.271 e. The van der Waals surface area contributed by atoms with Crippen LogP contribution in [0.25, 0.3) is 6.08 Å². The van der Waals surface area contributed by atoms with Crippen molar-refractivity contribution in [3.63, 3.8) is 0 Å². The molecule has 4 nitrogen and oxygen atoms in total. The van der Waals surface area contributed by atoms with Crippen LogP contribution in [0.2, 0.25) is 0 Å². The number of para-hydroxylation sites is 2. The van der Waals surface area contributed by atoms with Crippen molar-refractivity contribution in [3.8, 4) is 5.75 Å². The molecule has 0 aliphatic carbocycles. The molecule has 1 amide bonds. The summed E-state index contributed by atoms with van der Waals surface area (Å²) < 4.78 is 11.2. The highest BCUT2D eigenvalue weighted by atomic mass is 32.1. The zero-order valence-corrected chi connectivity index (χ0v) is 16.6. The Morgan fingerprint density at radius 1 is 0.828 bits per heavy atom. The third kappa shape index (κ3) is 6.30. The molecule has 29 heavy (non-hydrogen) atoms. The number of amides is 1. The van der Waals surface area contributed by atoms with Gasteiger partial charge in [0.2, 0.25) is 0 Å². The fraction of sp³-hybridized carbons (Fsp3) is 0.0833. The van der Waals surface area contributed by atoms with Crippen molar-refractivity contribution in [2.45, 2.75) is 0 Å². The van der Waals surface area contributed by atoms with Crippen molar-refractivity contribution >= 4 is 35.1 Å². The lowest BCUT2D eigenvalue weighted by molar-refractivity contribution is -0.113. The third-order valence-corrected chi connectivity index (χ3v) is 4.26. The molecule has 0 aromatic heterocycles. The Kier molecular flexibility index (Phi) is 7.55. The standard InChI is InChI=1S/C24H21NO3S/c26-23(17-16-20-10-4-1-5-11-20)25(21-12-6-2-7-13-21)24(29)28-19-18-27-22-14-8-3-9-15-22/h1-17H,18-19H2/b17-16+. The highest BCUT2D eigenvalue weighted by Gasteiger charge is 2.19. The Balaban J connectivity index is 1.64. The topological polar surface area (TPSA) is 38.8 Å². The van der Waals surface area contributed by atoms with Gasteiger partial charge in [-0.2, -0.15) is 0 Å². The monoisotopic (exact) mass is 403 g/mol. The van der Waals surface area contributed by atoms with Crippen LogP contribution in [0.15, 0.2) is 97.1 Å². The minimum atomic E-state index is -0.283. The lowest BCUT2D eigenvalue weighted by Gasteiger charge is -2.22. The number of thiocarbonyl (C=S) groups is 1. The number of anilines is 1. The maximum atomic E-state index is 12.9. The van der Waals surface area contributed by atoms with Gasteiger partial charge >= 0.3 is 0 Å². The van der Waals surface area contributed by atoms with E-state index in [1.54, 1.807) is 6.08 Å². The number of carbonyl (C=O) groups excluding carboxylic acids is 1. The van der Waals surface area contributed by atoms with Crippen LogP contribution in [-0.2, 0) is 9.53 Å². The average Bonchev–Trinajstić information content (AvgIpc) is 2.78. The molecule has 5 heteroatoms. The summed E-state index contributed by atoms with van der Waals surface area (Å²) in [5, 5.41) is 0.0792. The molecule has 0 N–H and O–H groups in total. The van der Waals surface area contributed by atoms with E-state index in [0.717, 1.165) is 11.3 Å². The number of nitrogens with zero attached hydrogens (tertiary/aromatic N) is 1. The number of rotatable bonds is 7. The van der Waals surface area contributed by atoms with Gasteiger partial charge < -0.3 is 9.47 Å². The Bertz CT molecular complexity index is 944. The number of benzene rings is 3. The van der Waals surface area contributed by atoms with E-state index in [9.17, 15) is 4.79 Å². The van der Waals surface area contributed by atoms with Gasteiger partial charge in [0.25, 0.3) is 11.1 Å². The van der Waals surface area contributed by atoms with Crippen LogP contribution in [-0.4, -0.2) is 24.3 Å². The fourth-order valence-electron chi connectivity index (χ4n) is 2.58. The second-order valence-electron chi connectivity index (χ2n) is 6.03. The van der Waals surface area contributed by atoms with Crippen molar-refractivity contribution < 1.29 is 14.3 Å². The van der Waals surface area contributed by atoms with Crippen LogP contribution in [0, 0.1) is 0 Å². The first-order valence-electron chi connectivity index (χ1n) is 9.21. The van der Waals surface area contributed by atoms with Crippen molar-refractivity contribution in [2.75, 3.05) is 18.1 Å². The summed E-state index contributed by atoms with van der Waals surface area (Å²) in [5.41, 5.74) is 1.57. The molecule has 0 aliphatic rings. The Morgan fingerprint density at radius 2 is 1.41 bits per heavy atom. The van der Waals surface area contributed by atoms with E-state index >= 15 is 0 Å². The lowest BCUT2D eigenvalue weighted by Crippen LogP contribution is -2.36. The fourth-order valence-corrected chi connectivity index (χ4v) is 2.85. The first-order valence-corrected chi connectivity index (χ1v) is 9.62. The molecule has 3 aromatic carbocycles. The zero-order valence-electron chi connectivity index (χ0n) is 15.8. The minimum Gasteiger partial charge on any atom is -0.490 e. The molecule has 3 aromatic rings. The Morgan fingerprint density at radius 3 is 2.07 bits per heavy atom. The summed E-state index contributed by atoms with van der Waals surface area (Å²) in [4.78, 5) is 14.2. The number of hydrogen-bond acceptors (Lipinski definition) is 4. The summed E-state index contributed by atoms with van der Waals surface area (Å²) in [6.07, 6.45) is 3.23. The molecule has 0 atom stereocenters. The highest BCUT2D eigenvalue weighted by molar-refractivity contribution is 7.80. The molecule has 0 spiro atoms. The molecule has 0 saturated heterocycles. The normalized spacial score (nSPS) is 10.5. The van der Waals surface area contributed by atoms with Crippen molar-refractivity contribution in [1.82, 2.24) is 0 Å². The van der Waals surface area contributed by atoms with Gasteiger partial charge in [-0.1, -0.05) is 66.7 Å². The summed E-state index contributed by atoms with van der Waals surface area (Å²) in [5.74, 6) is 0.470. The van der Waals surface area contributed by atoms with Gasteiger partial charge in [-0.05, 0) is 48.1 Å². The molecule has 3 rings (SSSR count). The van der Waals surface area contributed by atoms with Crippen LogP contribution < -0.4 is 9.64 Å². The van der Waals surface area contributed by atoms with Crippen LogP contribution in [0.3, 0.4) is 0 Å². The van der Waals surface area contributed by atoms with E-state index in [2.05, 4.69) is 0 Å². The number of carbonyl (C=O) groups is 1. The summed E-state index contributed by atoms with van der Waals surface area (Å²) in [6.45, 7) is 0.549. The third-order valence-electron chi connectivity index (χ3n) is 3.96. The van der Waals surface area contributed by atoms with Crippen LogP contribution >= 0.6 is 12.2 Å². The first kappa shape index (κ1) is 20.3. The zero-order chi connectivity index (χ0) is 20.3. The Hall–Kier alpha value is -3.44. The maximum absolute atomic E-state index is 12.9. The van der Waals surface area contributed by atoms with Gasteiger partial charge in [-0.3, -0.25) is 4.79 Å². The second-order valence-corrected chi connectivity index (χ2v) is 6.38. The van der Waals surface area contributed by atoms with E-state index in [1.165, 1.54) is 11.0 Å². The van der Waals surface area contributed by atoms with Gasteiger partial charge in [0.15, 0.2) is 0 Å². The maximum Gasteiger partial charge on any atom is 0.271 e. The molecule has 0 fully saturated rings. The molecule has 0 saturated carbocycles. The van der Waals surface area contributed by atoms with Crippen molar-refractivity contribution in [2.24, 2.45) is 0 Å². The van der Waals surface area contributed by atoms with E-state index in [4.69, 9.17) is 21.7 Å². The Labute approximate surface area is 176 Å². The summed E-state index contributed by atoms with van der Waals surface area (Å²) in [6, 6.07) is 28.2. The van der Waals surface area contributed by atoms with E-state index in [-0.39, 0.29) is 17.7 Å². The largest absolute Gasteiger partial charge is 0.490 e. The lowest BCUT2D eigenvalue weighted by atomic mass is 10.2. The summed E-state index contributed by atoms with van der Waals surface area (Å²) >= 11 is 5.39. The molecule has 0 unspecified atom stereocenters. The highest BCUT2D eigenvalue weighted by Crippen LogP contribution is 2.16. The van der Waals surface area contributed by atoms with Gasteiger partial charge in [-0.15, -0.1) is 0 Å². The van der Waals surface area contributed by atoms with Crippen LogP contribution in [0.5, 0.6) is 5.75 Å². The van der Waals surface area contributed by atoms with Crippen molar-refractivity contribution in [3.05, 3.63) is 103 Å². The minimum absolute atomic E-state index is 0.0792. The van der Waals surface area contributed by atoms with Gasteiger partial charge in [0.1, 0.15) is 19.0 Å². The molecular formula is C24H21NO3S. The predicted molar refractivity (Wildman–Crippen MR) is 120 cm³/mol. The SMILES string of the molecule is O=C(/C=C/c1ccccc1)N(C(=S)OCCOc1ccccc1)c1ccccc1. The quantitative estimate of drug-likeness (QED) is 0.312. The molecule has 0 heterocycles. The molecule has 146 valence electrons. The van der Waals surface area contributed by atoms with Gasteiger partial charge in [0, 0.05) is 6.08 Å². The number of hydrogen-bond donors (Lipinski definition) is 0. The molecule has 0 radical (unpaired) electrons. The summed E-state index contributed by atoms with van der Waals surface area (Å²) in [7, 11) is 0. The second kappa shape index (κ2) is 10.8. The average molecular weight is 404 g/mol. The van der Waals surface area contributed by atoms with Gasteiger partial charge in [-0.25, -0.2) is 4.90 Å². The molecule has 0 bridgehead atoms. The van der Waals surface area contributed by atoms with Crippen molar-refractivity contribution in [1.29, 1.82) is 0 Å². The predicted octanol–water partition coefficient (Wildman–Crippen LogP) is 5.11. The molecular weight excluding hydrogens is 382 g/mol. The van der Waals surface area contributed by atoms with Gasteiger partial charge in [0.05, 0.1) is 5.69 Å². The van der Waals surface area contributed by atoms with Crippen LogP contribution in [0.1, 0.15) is 5.56 Å². The van der Waals surface area contributed by atoms with E-state index in [0.29, 0.717) is 12.3 Å². The molecule has 0 aliphatic heterocycles. The first-order chi connectivity index (χ1) is 14.2. The van der Waals surface area contributed by atoms with E-state index < -0.39 is 0 Å². The van der Waals surface area contributed by atoms with E-state index in [1.807, 2.05) is 91.0 Å².